The van der Waals surface area contributed by atoms with Gasteiger partial charge in [0.1, 0.15) is 5.82 Å². The van der Waals surface area contributed by atoms with Crippen LogP contribution >= 0.6 is 0 Å². The van der Waals surface area contributed by atoms with Crippen molar-refractivity contribution in [1.82, 2.24) is 19.9 Å². The van der Waals surface area contributed by atoms with Crippen LogP contribution < -0.4 is 15.0 Å². The molecule has 1 aliphatic rings. The van der Waals surface area contributed by atoms with E-state index in [2.05, 4.69) is 25.2 Å². The third-order valence-corrected chi connectivity index (χ3v) is 4.24. The van der Waals surface area contributed by atoms with Crippen molar-refractivity contribution in [3.8, 4) is 5.88 Å². The van der Waals surface area contributed by atoms with E-state index in [1.54, 1.807) is 25.4 Å². The molecule has 1 amide bonds. The largest absolute Gasteiger partial charge is 0.481 e. The van der Waals surface area contributed by atoms with E-state index in [4.69, 9.17) is 4.74 Å². The van der Waals surface area contributed by atoms with Gasteiger partial charge in [0.05, 0.1) is 12.7 Å². The van der Waals surface area contributed by atoms with E-state index in [1.807, 2.05) is 24.8 Å². The molecule has 138 valence electrons. The molecule has 0 bridgehead atoms. The second kappa shape index (κ2) is 7.99. The quantitative estimate of drug-likeness (QED) is 0.871. The number of methoxy groups -OCH3 is 1. The molecule has 1 N–H and O–H groups in total. The predicted molar refractivity (Wildman–Crippen MR) is 99.8 cm³/mol. The van der Waals surface area contributed by atoms with Crippen LogP contribution in [0.15, 0.2) is 24.4 Å². The summed E-state index contributed by atoms with van der Waals surface area (Å²) in [6.45, 7) is 7.46. The highest BCUT2D eigenvalue weighted by atomic mass is 16.5. The lowest BCUT2D eigenvalue weighted by Gasteiger charge is -2.35. The number of aromatic nitrogens is 3. The lowest BCUT2D eigenvalue weighted by molar-refractivity contribution is 0.0745. The van der Waals surface area contributed by atoms with Crippen LogP contribution in [0.2, 0.25) is 0 Å². The molecule has 1 aliphatic heterocycles. The Balaban J connectivity index is 1.64. The van der Waals surface area contributed by atoms with Crippen molar-refractivity contribution >= 4 is 17.7 Å². The van der Waals surface area contributed by atoms with Crippen molar-refractivity contribution in [2.24, 2.45) is 0 Å². The number of nitrogens with zero attached hydrogens (tertiary/aromatic N) is 5. The molecular weight excluding hydrogens is 332 g/mol. The molecule has 0 spiro atoms. The molecule has 1 fully saturated rings. The summed E-state index contributed by atoms with van der Waals surface area (Å²) < 4.78 is 5.03. The number of pyridine rings is 1. The first-order valence-corrected chi connectivity index (χ1v) is 8.74. The van der Waals surface area contributed by atoms with Crippen LogP contribution in [0.25, 0.3) is 0 Å². The molecule has 1 saturated heterocycles. The van der Waals surface area contributed by atoms with E-state index in [0.29, 0.717) is 43.6 Å². The van der Waals surface area contributed by atoms with Crippen LogP contribution in [0, 0.1) is 6.92 Å². The number of aryl methyl sites for hydroxylation is 1. The second-order valence-corrected chi connectivity index (χ2v) is 6.09. The van der Waals surface area contributed by atoms with E-state index in [-0.39, 0.29) is 5.91 Å². The standard InChI is InChI=1S/C18H24N6O2/c1-4-19-15-11-13(2)21-18(22-15)24-9-7-23(8-10-24)17(25)14-5-6-16(26-3)20-12-14/h5-6,11-12H,4,7-10H2,1-3H3,(H,19,21,22). The maximum atomic E-state index is 12.6. The Labute approximate surface area is 153 Å². The number of amides is 1. The van der Waals surface area contributed by atoms with Crippen molar-refractivity contribution in [1.29, 1.82) is 0 Å². The fourth-order valence-electron chi connectivity index (χ4n) is 2.89. The minimum absolute atomic E-state index is 0.0155. The molecule has 3 heterocycles. The zero-order chi connectivity index (χ0) is 18.5. The van der Waals surface area contributed by atoms with Crippen LogP contribution in [0.4, 0.5) is 11.8 Å². The Morgan fingerprint density at radius 1 is 1.23 bits per heavy atom. The molecule has 2 aromatic heterocycles. The summed E-state index contributed by atoms with van der Waals surface area (Å²) in [5, 5.41) is 3.23. The maximum absolute atomic E-state index is 12.6. The Bertz CT molecular complexity index is 757. The van der Waals surface area contributed by atoms with E-state index in [1.165, 1.54) is 0 Å². The summed E-state index contributed by atoms with van der Waals surface area (Å²) in [5.41, 5.74) is 1.49. The first kappa shape index (κ1) is 17.9. The van der Waals surface area contributed by atoms with Crippen molar-refractivity contribution in [2.45, 2.75) is 13.8 Å². The Hall–Kier alpha value is -2.90. The molecule has 8 nitrogen and oxygen atoms in total. The zero-order valence-electron chi connectivity index (χ0n) is 15.4. The average Bonchev–Trinajstić information content (AvgIpc) is 2.67. The summed E-state index contributed by atoms with van der Waals surface area (Å²) in [5.74, 6) is 2.02. The van der Waals surface area contributed by atoms with Gasteiger partial charge in [0.2, 0.25) is 11.8 Å². The number of anilines is 2. The maximum Gasteiger partial charge on any atom is 0.255 e. The molecule has 0 saturated carbocycles. The number of hydrogen-bond acceptors (Lipinski definition) is 7. The number of carbonyl (C=O) groups is 1. The number of carbonyl (C=O) groups excluding carboxylic acids is 1. The summed E-state index contributed by atoms with van der Waals surface area (Å²) in [4.78, 5) is 29.8. The van der Waals surface area contributed by atoms with Crippen LogP contribution in [0.5, 0.6) is 5.88 Å². The van der Waals surface area contributed by atoms with Crippen LogP contribution in [-0.2, 0) is 0 Å². The van der Waals surface area contributed by atoms with Gasteiger partial charge in [0, 0.05) is 56.7 Å². The lowest BCUT2D eigenvalue weighted by atomic mass is 10.2. The van der Waals surface area contributed by atoms with Gasteiger partial charge < -0.3 is 19.9 Å². The smallest absolute Gasteiger partial charge is 0.255 e. The lowest BCUT2D eigenvalue weighted by Crippen LogP contribution is -2.49. The molecule has 26 heavy (non-hydrogen) atoms. The van der Waals surface area contributed by atoms with Crippen LogP contribution in [-0.4, -0.2) is 65.6 Å². The second-order valence-electron chi connectivity index (χ2n) is 6.09. The summed E-state index contributed by atoms with van der Waals surface area (Å²) in [6.07, 6.45) is 1.56. The van der Waals surface area contributed by atoms with Gasteiger partial charge in [-0.1, -0.05) is 0 Å². The number of nitrogens with one attached hydrogen (secondary N) is 1. The summed E-state index contributed by atoms with van der Waals surface area (Å²) >= 11 is 0. The Morgan fingerprint density at radius 3 is 2.62 bits per heavy atom. The van der Waals surface area contributed by atoms with Crippen molar-refractivity contribution in [3.63, 3.8) is 0 Å². The van der Waals surface area contributed by atoms with Crippen molar-refractivity contribution in [2.75, 3.05) is 50.1 Å². The summed E-state index contributed by atoms with van der Waals surface area (Å²) in [6, 6.07) is 5.38. The molecular formula is C18H24N6O2. The molecule has 2 aromatic rings. The van der Waals surface area contributed by atoms with Gasteiger partial charge in [-0.3, -0.25) is 4.79 Å². The van der Waals surface area contributed by atoms with Crippen LogP contribution in [0.3, 0.4) is 0 Å². The van der Waals surface area contributed by atoms with Gasteiger partial charge in [-0.15, -0.1) is 0 Å². The van der Waals surface area contributed by atoms with Gasteiger partial charge >= 0.3 is 0 Å². The van der Waals surface area contributed by atoms with E-state index in [0.717, 1.165) is 18.1 Å². The zero-order valence-corrected chi connectivity index (χ0v) is 15.4. The molecule has 0 unspecified atom stereocenters. The average molecular weight is 356 g/mol. The third-order valence-electron chi connectivity index (χ3n) is 4.24. The Morgan fingerprint density at radius 2 is 2.00 bits per heavy atom. The molecule has 3 rings (SSSR count). The number of hydrogen-bond donors (Lipinski definition) is 1. The number of rotatable bonds is 5. The molecule has 0 aliphatic carbocycles. The van der Waals surface area contributed by atoms with Gasteiger partial charge in [-0.2, -0.15) is 4.98 Å². The SMILES string of the molecule is CCNc1cc(C)nc(N2CCN(C(=O)c3ccc(OC)nc3)CC2)n1. The molecule has 0 radical (unpaired) electrons. The first-order chi connectivity index (χ1) is 12.6. The molecule has 0 atom stereocenters. The molecule has 8 heteroatoms. The highest BCUT2D eigenvalue weighted by molar-refractivity contribution is 5.94. The van der Waals surface area contributed by atoms with E-state index in [9.17, 15) is 4.79 Å². The fourth-order valence-corrected chi connectivity index (χ4v) is 2.89. The normalized spacial score (nSPS) is 14.3. The van der Waals surface area contributed by atoms with Crippen molar-refractivity contribution in [3.05, 3.63) is 35.7 Å². The van der Waals surface area contributed by atoms with Gasteiger partial charge in [0.25, 0.3) is 5.91 Å². The van der Waals surface area contributed by atoms with Gasteiger partial charge in [0.15, 0.2) is 0 Å². The topological polar surface area (TPSA) is 83.5 Å². The van der Waals surface area contributed by atoms with E-state index < -0.39 is 0 Å². The highest BCUT2D eigenvalue weighted by Gasteiger charge is 2.24. The number of piperazine rings is 1. The predicted octanol–water partition coefficient (Wildman–Crippen LogP) is 1.58. The Kier molecular flexibility index (Phi) is 5.50. The van der Waals surface area contributed by atoms with E-state index >= 15 is 0 Å². The third kappa shape index (κ3) is 4.01. The van der Waals surface area contributed by atoms with Crippen LogP contribution in [0.1, 0.15) is 23.0 Å². The van der Waals surface area contributed by atoms with Crippen molar-refractivity contribution < 1.29 is 9.53 Å². The fraction of sp³-hybridized carbons (Fsp3) is 0.444. The minimum atomic E-state index is -0.0155. The van der Waals surface area contributed by atoms with Gasteiger partial charge in [-0.25, -0.2) is 9.97 Å². The van der Waals surface area contributed by atoms with Gasteiger partial charge in [-0.05, 0) is 19.9 Å². The molecule has 0 aromatic carbocycles. The summed E-state index contributed by atoms with van der Waals surface area (Å²) in [7, 11) is 1.55. The number of ether oxygens (including phenoxy) is 1. The first-order valence-electron chi connectivity index (χ1n) is 8.74. The minimum Gasteiger partial charge on any atom is -0.481 e. The highest BCUT2D eigenvalue weighted by Crippen LogP contribution is 2.17. The monoisotopic (exact) mass is 356 g/mol.